The Morgan fingerprint density at radius 1 is 1.15 bits per heavy atom. The summed E-state index contributed by atoms with van der Waals surface area (Å²) >= 11 is 0. The van der Waals surface area contributed by atoms with Gasteiger partial charge in [0.2, 0.25) is 0 Å². The summed E-state index contributed by atoms with van der Waals surface area (Å²) < 4.78 is 0. The number of hydrogen-bond donors (Lipinski definition) is 2. The molecular weight excluding hydrogens is 250 g/mol. The molecule has 0 amide bonds. The Kier molecular flexibility index (Phi) is 3.24. The Balaban J connectivity index is 2.10. The van der Waals surface area contributed by atoms with Gasteiger partial charge in [0.25, 0.3) is 0 Å². The van der Waals surface area contributed by atoms with Crippen LogP contribution < -0.4 is 0 Å². The van der Waals surface area contributed by atoms with Crippen LogP contribution in [0.2, 0.25) is 0 Å². The lowest BCUT2D eigenvalue weighted by molar-refractivity contribution is 0.282. The lowest BCUT2D eigenvalue weighted by Crippen LogP contribution is -1.93. The van der Waals surface area contributed by atoms with Gasteiger partial charge in [0.1, 0.15) is 12.0 Å². The van der Waals surface area contributed by atoms with E-state index in [1.54, 1.807) is 6.33 Å². The first-order valence-electron chi connectivity index (χ1n) is 6.73. The van der Waals surface area contributed by atoms with Gasteiger partial charge >= 0.3 is 0 Å². The van der Waals surface area contributed by atoms with E-state index in [0.717, 1.165) is 33.5 Å². The normalized spacial score (nSPS) is 11.4. The van der Waals surface area contributed by atoms with Crippen LogP contribution in [0.1, 0.15) is 31.0 Å². The molecule has 0 aliphatic carbocycles. The number of aromatic nitrogens is 3. The molecule has 2 N–H and O–H groups in total. The number of fused-ring (bicyclic) bond motifs is 1. The zero-order chi connectivity index (χ0) is 14.1. The van der Waals surface area contributed by atoms with Crippen LogP contribution in [0.25, 0.3) is 22.3 Å². The number of aliphatic hydroxyl groups excluding tert-OH is 1. The van der Waals surface area contributed by atoms with Crippen molar-refractivity contribution < 1.29 is 5.11 Å². The van der Waals surface area contributed by atoms with Crippen LogP contribution in [-0.2, 0) is 6.61 Å². The zero-order valence-electron chi connectivity index (χ0n) is 11.6. The highest BCUT2D eigenvalue weighted by molar-refractivity contribution is 5.85. The van der Waals surface area contributed by atoms with E-state index in [4.69, 9.17) is 5.11 Å². The number of benzene rings is 1. The standard InChI is InChI=1S/C16H17N3O/c1-10(2)15-13-7-14(19-16(13)18-9-17-15)12-5-3-11(8-20)4-6-12/h3-7,9-10,20H,8H2,1-2H3,(H,17,18,19). The van der Waals surface area contributed by atoms with Gasteiger partial charge in [-0.05, 0) is 23.1 Å². The van der Waals surface area contributed by atoms with Gasteiger partial charge in [0.15, 0.2) is 0 Å². The molecule has 3 rings (SSSR count). The van der Waals surface area contributed by atoms with E-state index in [9.17, 15) is 0 Å². The van der Waals surface area contributed by atoms with Crippen molar-refractivity contribution in [2.75, 3.05) is 0 Å². The molecular formula is C16H17N3O. The van der Waals surface area contributed by atoms with Crippen molar-refractivity contribution in [3.63, 3.8) is 0 Å². The van der Waals surface area contributed by atoms with Crippen molar-refractivity contribution >= 4 is 11.0 Å². The molecule has 20 heavy (non-hydrogen) atoms. The van der Waals surface area contributed by atoms with Gasteiger partial charge in [-0.1, -0.05) is 38.1 Å². The molecule has 0 fully saturated rings. The average Bonchev–Trinajstić information content (AvgIpc) is 2.90. The van der Waals surface area contributed by atoms with Gasteiger partial charge in [-0.3, -0.25) is 0 Å². The Labute approximate surface area is 117 Å². The number of aromatic amines is 1. The van der Waals surface area contributed by atoms with Gasteiger partial charge < -0.3 is 10.1 Å². The maximum atomic E-state index is 9.08. The summed E-state index contributed by atoms with van der Waals surface area (Å²) in [6, 6.07) is 9.95. The second kappa shape index (κ2) is 5.06. The number of rotatable bonds is 3. The third kappa shape index (κ3) is 2.18. The van der Waals surface area contributed by atoms with Crippen molar-refractivity contribution in [1.82, 2.24) is 15.0 Å². The smallest absolute Gasteiger partial charge is 0.141 e. The van der Waals surface area contributed by atoms with Crippen LogP contribution in [0, 0.1) is 0 Å². The predicted octanol–water partition coefficient (Wildman–Crippen LogP) is 3.24. The van der Waals surface area contributed by atoms with Crippen molar-refractivity contribution in [3.05, 3.63) is 47.9 Å². The van der Waals surface area contributed by atoms with Crippen LogP contribution in [0.5, 0.6) is 0 Å². The zero-order valence-corrected chi connectivity index (χ0v) is 11.6. The molecule has 2 aromatic heterocycles. The van der Waals surface area contributed by atoms with Crippen LogP contribution >= 0.6 is 0 Å². The highest BCUT2D eigenvalue weighted by Crippen LogP contribution is 2.27. The summed E-state index contributed by atoms with van der Waals surface area (Å²) in [5.41, 5.74) is 4.93. The molecule has 2 heterocycles. The van der Waals surface area contributed by atoms with E-state index in [1.807, 2.05) is 24.3 Å². The molecule has 0 radical (unpaired) electrons. The van der Waals surface area contributed by atoms with E-state index < -0.39 is 0 Å². The molecule has 3 aromatic rings. The van der Waals surface area contributed by atoms with E-state index in [-0.39, 0.29) is 6.61 Å². The Bertz CT molecular complexity index is 729. The monoisotopic (exact) mass is 267 g/mol. The predicted molar refractivity (Wildman–Crippen MR) is 79.3 cm³/mol. The van der Waals surface area contributed by atoms with Crippen LogP contribution in [0.15, 0.2) is 36.7 Å². The van der Waals surface area contributed by atoms with Gasteiger partial charge in [0.05, 0.1) is 12.3 Å². The topological polar surface area (TPSA) is 61.8 Å². The number of aliphatic hydroxyl groups is 1. The first kappa shape index (κ1) is 12.8. The fraction of sp³-hybridized carbons (Fsp3) is 0.250. The minimum Gasteiger partial charge on any atom is -0.392 e. The Morgan fingerprint density at radius 3 is 2.55 bits per heavy atom. The van der Waals surface area contributed by atoms with E-state index in [1.165, 1.54) is 0 Å². The third-order valence-electron chi connectivity index (χ3n) is 3.45. The molecule has 0 bridgehead atoms. The lowest BCUT2D eigenvalue weighted by atomic mass is 10.1. The highest BCUT2D eigenvalue weighted by atomic mass is 16.3. The second-order valence-electron chi connectivity index (χ2n) is 5.21. The molecule has 4 heteroatoms. The van der Waals surface area contributed by atoms with Crippen molar-refractivity contribution in [3.8, 4) is 11.3 Å². The molecule has 1 aromatic carbocycles. The first-order valence-corrected chi connectivity index (χ1v) is 6.73. The van der Waals surface area contributed by atoms with Gasteiger partial charge in [-0.15, -0.1) is 0 Å². The van der Waals surface area contributed by atoms with Crippen LogP contribution in [0.3, 0.4) is 0 Å². The van der Waals surface area contributed by atoms with Crippen LogP contribution in [0.4, 0.5) is 0 Å². The second-order valence-corrected chi connectivity index (χ2v) is 5.21. The summed E-state index contributed by atoms with van der Waals surface area (Å²) in [6.07, 6.45) is 1.60. The molecule has 102 valence electrons. The Morgan fingerprint density at radius 2 is 1.90 bits per heavy atom. The Hall–Kier alpha value is -2.20. The van der Waals surface area contributed by atoms with Crippen LogP contribution in [-0.4, -0.2) is 20.1 Å². The maximum Gasteiger partial charge on any atom is 0.141 e. The quantitative estimate of drug-likeness (QED) is 0.765. The fourth-order valence-corrected chi connectivity index (χ4v) is 2.36. The summed E-state index contributed by atoms with van der Waals surface area (Å²) in [6.45, 7) is 4.32. The summed E-state index contributed by atoms with van der Waals surface area (Å²) in [5.74, 6) is 0.362. The van der Waals surface area contributed by atoms with E-state index in [2.05, 4.69) is 34.9 Å². The summed E-state index contributed by atoms with van der Waals surface area (Å²) in [5, 5.41) is 10.2. The van der Waals surface area contributed by atoms with Crippen molar-refractivity contribution in [1.29, 1.82) is 0 Å². The molecule has 0 spiro atoms. The van der Waals surface area contributed by atoms with Gasteiger partial charge in [-0.2, -0.15) is 0 Å². The fourth-order valence-electron chi connectivity index (χ4n) is 2.36. The van der Waals surface area contributed by atoms with E-state index in [0.29, 0.717) is 5.92 Å². The molecule has 4 nitrogen and oxygen atoms in total. The number of nitrogens with one attached hydrogen (secondary N) is 1. The summed E-state index contributed by atoms with van der Waals surface area (Å²) in [4.78, 5) is 12.0. The SMILES string of the molecule is CC(C)c1ncnc2[nH]c(-c3ccc(CO)cc3)cc12. The average molecular weight is 267 g/mol. The molecule has 0 aliphatic rings. The molecule has 0 aliphatic heterocycles. The highest BCUT2D eigenvalue weighted by Gasteiger charge is 2.11. The maximum absolute atomic E-state index is 9.08. The minimum absolute atomic E-state index is 0.0654. The third-order valence-corrected chi connectivity index (χ3v) is 3.45. The largest absolute Gasteiger partial charge is 0.392 e. The summed E-state index contributed by atoms with van der Waals surface area (Å²) in [7, 11) is 0. The molecule has 0 unspecified atom stereocenters. The first-order chi connectivity index (χ1) is 9.69. The lowest BCUT2D eigenvalue weighted by Gasteiger charge is -2.03. The molecule has 0 saturated heterocycles. The number of H-pyrrole nitrogens is 1. The molecule has 0 atom stereocenters. The molecule has 0 saturated carbocycles. The van der Waals surface area contributed by atoms with Gasteiger partial charge in [-0.25, -0.2) is 9.97 Å². The number of nitrogens with zero attached hydrogens (tertiary/aromatic N) is 2. The van der Waals surface area contributed by atoms with Gasteiger partial charge in [0, 0.05) is 11.1 Å². The minimum atomic E-state index is 0.0654. The van der Waals surface area contributed by atoms with E-state index >= 15 is 0 Å². The van der Waals surface area contributed by atoms with Crippen molar-refractivity contribution in [2.45, 2.75) is 26.4 Å². The van der Waals surface area contributed by atoms with Crippen molar-refractivity contribution in [2.24, 2.45) is 0 Å². The number of hydrogen-bond acceptors (Lipinski definition) is 3.